The van der Waals surface area contributed by atoms with Crippen LogP contribution in [0.3, 0.4) is 0 Å². The molecule has 0 fully saturated rings. The quantitative estimate of drug-likeness (QED) is 0.526. The second-order valence-corrected chi connectivity index (χ2v) is 6.98. The minimum absolute atomic E-state index is 0.0558. The van der Waals surface area contributed by atoms with E-state index in [2.05, 4.69) is 5.32 Å². The molecule has 0 aromatic heterocycles. The number of rotatable bonds is 8. The Hall–Kier alpha value is -3.60. The number of ketones is 1. The van der Waals surface area contributed by atoms with Crippen LogP contribution in [0.15, 0.2) is 84.9 Å². The van der Waals surface area contributed by atoms with Crippen LogP contribution in [0.25, 0.3) is 0 Å². The lowest BCUT2D eigenvalue weighted by atomic mass is 9.88. The van der Waals surface area contributed by atoms with E-state index in [-0.39, 0.29) is 12.4 Å². The van der Waals surface area contributed by atoms with Crippen LogP contribution in [0, 0.1) is 5.92 Å². The molecule has 5 heteroatoms. The van der Waals surface area contributed by atoms with Gasteiger partial charge in [0.1, 0.15) is 12.4 Å². The summed E-state index contributed by atoms with van der Waals surface area (Å²) >= 11 is 0. The molecule has 0 aliphatic heterocycles. The molecule has 2 atom stereocenters. The van der Waals surface area contributed by atoms with Gasteiger partial charge >= 0.3 is 6.09 Å². The molecule has 1 amide bonds. The fourth-order valence-electron chi connectivity index (χ4n) is 3.22. The van der Waals surface area contributed by atoms with E-state index in [0.717, 1.165) is 11.1 Å². The van der Waals surface area contributed by atoms with Crippen molar-refractivity contribution in [1.29, 1.82) is 0 Å². The number of carbonyl (C=O) groups is 2. The summed E-state index contributed by atoms with van der Waals surface area (Å²) < 4.78 is 10.6. The Kier molecular flexibility index (Phi) is 7.22. The van der Waals surface area contributed by atoms with Crippen molar-refractivity contribution in [3.63, 3.8) is 0 Å². The van der Waals surface area contributed by atoms with Crippen molar-refractivity contribution in [3.8, 4) is 5.75 Å². The Morgan fingerprint density at radius 2 is 1.47 bits per heavy atom. The van der Waals surface area contributed by atoms with Crippen LogP contribution in [-0.4, -0.2) is 19.0 Å². The average Bonchev–Trinajstić information content (AvgIpc) is 2.81. The van der Waals surface area contributed by atoms with Crippen molar-refractivity contribution in [2.24, 2.45) is 5.92 Å². The van der Waals surface area contributed by atoms with E-state index in [4.69, 9.17) is 9.47 Å². The molecule has 3 aromatic carbocycles. The number of methoxy groups -OCH3 is 1. The summed E-state index contributed by atoms with van der Waals surface area (Å²) in [4.78, 5) is 25.5. The first kappa shape index (κ1) is 21.1. The maximum Gasteiger partial charge on any atom is 0.407 e. The zero-order chi connectivity index (χ0) is 21.3. The van der Waals surface area contributed by atoms with Gasteiger partial charge in [-0.3, -0.25) is 4.79 Å². The molecule has 0 unspecified atom stereocenters. The predicted molar refractivity (Wildman–Crippen MR) is 115 cm³/mol. The molecule has 0 radical (unpaired) electrons. The van der Waals surface area contributed by atoms with Gasteiger partial charge in [-0.2, -0.15) is 0 Å². The normalized spacial score (nSPS) is 12.5. The minimum Gasteiger partial charge on any atom is -0.497 e. The molecule has 3 rings (SSSR count). The van der Waals surface area contributed by atoms with E-state index in [1.165, 1.54) is 0 Å². The second-order valence-electron chi connectivity index (χ2n) is 6.98. The second kappa shape index (κ2) is 10.3. The van der Waals surface area contributed by atoms with E-state index < -0.39 is 18.1 Å². The summed E-state index contributed by atoms with van der Waals surface area (Å²) in [5.74, 6) is 0.149. The number of hydrogen-bond acceptors (Lipinski definition) is 4. The summed E-state index contributed by atoms with van der Waals surface area (Å²) in [7, 11) is 1.59. The van der Waals surface area contributed by atoms with Gasteiger partial charge < -0.3 is 14.8 Å². The number of alkyl carbamates (subject to hydrolysis) is 1. The highest BCUT2D eigenvalue weighted by Crippen LogP contribution is 2.27. The highest BCUT2D eigenvalue weighted by Gasteiger charge is 2.28. The molecule has 0 saturated carbocycles. The van der Waals surface area contributed by atoms with Crippen molar-refractivity contribution < 1.29 is 19.1 Å². The van der Waals surface area contributed by atoms with Crippen LogP contribution in [0.1, 0.15) is 34.5 Å². The zero-order valence-corrected chi connectivity index (χ0v) is 17.1. The maximum absolute atomic E-state index is 13.0. The van der Waals surface area contributed by atoms with Crippen molar-refractivity contribution >= 4 is 11.9 Å². The Labute approximate surface area is 176 Å². The van der Waals surface area contributed by atoms with E-state index in [9.17, 15) is 9.59 Å². The molecule has 154 valence electrons. The highest BCUT2D eigenvalue weighted by atomic mass is 16.5. The van der Waals surface area contributed by atoms with Crippen LogP contribution in [0.4, 0.5) is 4.79 Å². The van der Waals surface area contributed by atoms with E-state index in [1.807, 2.05) is 67.6 Å². The zero-order valence-electron chi connectivity index (χ0n) is 17.1. The first-order valence-electron chi connectivity index (χ1n) is 9.79. The molecule has 0 spiro atoms. The third-order valence-electron chi connectivity index (χ3n) is 4.93. The third-order valence-corrected chi connectivity index (χ3v) is 4.93. The molecule has 0 aliphatic rings. The number of carbonyl (C=O) groups excluding carboxylic acids is 2. The molecule has 0 saturated heterocycles. The number of ether oxygens (including phenoxy) is 2. The molecule has 1 N–H and O–H groups in total. The molecule has 30 heavy (non-hydrogen) atoms. The van der Waals surface area contributed by atoms with Gasteiger partial charge in [-0.05, 0) is 23.3 Å². The Balaban J connectivity index is 1.77. The number of Topliss-reactive ketones (excluding diaryl/α,β-unsaturated/α-hetero) is 1. The standard InChI is InChI=1S/C25H25NO4/c1-18(24(27)21-11-7-4-8-12-21)23(20-13-15-22(29-2)16-14-20)26-25(28)30-17-19-9-5-3-6-10-19/h3-16,18,23H,17H2,1-2H3,(H,26,28)/t18-,23-/m1/s1. The molecule has 3 aromatic rings. The maximum atomic E-state index is 13.0. The highest BCUT2D eigenvalue weighted by molar-refractivity contribution is 5.98. The van der Waals surface area contributed by atoms with Crippen LogP contribution >= 0.6 is 0 Å². The average molecular weight is 403 g/mol. The number of amides is 1. The van der Waals surface area contributed by atoms with Gasteiger partial charge in [0.25, 0.3) is 0 Å². The lowest BCUT2D eigenvalue weighted by molar-refractivity contribution is 0.0891. The van der Waals surface area contributed by atoms with Gasteiger partial charge in [0.15, 0.2) is 5.78 Å². The monoisotopic (exact) mass is 403 g/mol. The van der Waals surface area contributed by atoms with Gasteiger partial charge in [-0.25, -0.2) is 4.79 Å². The number of benzene rings is 3. The summed E-state index contributed by atoms with van der Waals surface area (Å²) in [6.07, 6.45) is -0.576. The lowest BCUT2D eigenvalue weighted by Gasteiger charge is -2.25. The van der Waals surface area contributed by atoms with Crippen LogP contribution in [0.5, 0.6) is 5.75 Å². The summed E-state index contributed by atoms with van der Waals surface area (Å²) in [5.41, 5.74) is 2.29. The summed E-state index contributed by atoms with van der Waals surface area (Å²) in [6.45, 7) is 1.96. The molecule has 5 nitrogen and oxygen atoms in total. The largest absolute Gasteiger partial charge is 0.497 e. The van der Waals surface area contributed by atoms with Crippen LogP contribution in [-0.2, 0) is 11.3 Å². The first-order chi connectivity index (χ1) is 14.6. The predicted octanol–water partition coefficient (Wildman–Crippen LogP) is 5.18. The van der Waals surface area contributed by atoms with Gasteiger partial charge in [0, 0.05) is 11.5 Å². The summed E-state index contributed by atoms with van der Waals surface area (Å²) in [6, 6.07) is 25.3. The van der Waals surface area contributed by atoms with Crippen LogP contribution in [0.2, 0.25) is 0 Å². The van der Waals surface area contributed by atoms with Crippen molar-refractivity contribution in [2.45, 2.75) is 19.6 Å². The van der Waals surface area contributed by atoms with Crippen molar-refractivity contribution in [2.75, 3.05) is 7.11 Å². The number of hydrogen-bond donors (Lipinski definition) is 1. The van der Waals surface area contributed by atoms with Crippen molar-refractivity contribution in [1.82, 2.24) is 5.32 Å². The SMILES string of the molecule is COc1ccc([C@H](NC(=O)OCc2ccccc2)[C@@H](C)C(=O)c2ccccc2)cc1. The smallest absolute Gasteiger partial charge is 0.407 e. The lowest BCUT2D eigenvalue weighted by Crippen LogP contribution is -2.36. The molecular formula is C25H25NO4. The van der Waals surface area contributed by atoms with E-state index >= 15 is 0 Å². The fraction of sp³-hybridized carbons (Fsp3) is 0.200. The first-order valence-corrected chi connectivity index (χ1v) is 9.79. The Bertz CT molecular complexity index is 955. The van der Waals surface area contributed by atoms with Gasteiger partial charge in [-0.1, -0.05) is 79.7 Å². The molecule has 0 aliphatic carbocycles. The van der Waals surface area contributed by atoms with E-state index in [1.54, 1.807) is 31.4 Å². The molecule has 0 bridgehead atoms. The Morgan fingerprint density at radius 1 is 0.867 bits per heavy atom. The van der Waals surface area contributed by atoms with Crippen LogP contribution < -0.4 is 10.1 Å². The molecular weight excluding hydrogens is 378 g/mol. The third kappa shape index (κ3) is 5.47. The minimum atomic E-state index is -0.576. The van der Waals surface area contributed by atoms with Gasteiger partial charge in [0.2, 0.25) is 0 Å². The molecule has 0 heterocycles. The fourth-order valence-corrected chi connectivity index (χ4v) is 3.22. The Morgan fingerprint density at radius 3 is 2.07 bits per heavy atom. The summed E-state index contributed by atoms with van der Waals surface area (Å²) in [5, 5.41) is 2.87. The van der Waals surface area contributed by atoms with Gasteiger partial charge in [0.05, 0.1) is 13.2 Å². The van der Waals surface area contributed by atoms with Crippen molar-refractivity contribution in [3.05, 3.63) is 102 Å². The van der Waals surface area contributed by atoms with Gasteiger partial charge in [-0.15, -0.1) is 0 Å². The van der Waals surface area contributed by atoms with E-state index in [0.29, 0.717) is 11.3 Å². The number of nitrogens with one attached hydrogen (secondary N) is 1. The topological polar surface area (TPSA) is 64.6 Å².